The number of hydrogen-bond acceptors (Lipinski definition) is 5. The highest BCUT2D eigenvalue weighted by Gasteiger charge is 2.41. The topological polar surface area (TPSA) is 76.7 Å². The molecule has 0 saturated carbocycles. The standard InChI is InChI=1S/C16H14F3N5O/c1-10(15-14(19)5-20-7-22-15)16(25,6-24-9-21-8-23-24)12-3-2-11(17)4-13(12)18/h2-5,7-10,25H,6H2,1H3/t10-,16+/m0/s1/i2D,3D,4D. The predicted molar refractivity (Wildman–Crippen MR) is 80.7 cm³/mol. The van der Waals surface area contributed by atoms with Crippen LogP contribution in [-0.4, -0.2) is 29.8 Å². The van der Waals surface area contributed by atoms with Crippen LogP contribution in [0.5, 0.6) is 0 Å². The van der Waals surface area contributed by atoms with Crippen molar-refractivity contribution in [1.82, 2.24) is 24.7 Å². The highest BCUT2D eigenvalue weighted by Crippen LogP contribution is 2.39. The summed E-state index contributed by atoms with van der Waals surface area (Å²) in [6, 6.07) is -3.30. The molecule has 2 atom stereocenters. The van der Waals surface area contributed by atoms with Gasteiger partial charge in [0.15, 0.2) is 5.82 Å². The fourth-order valence-electron chi connectivity index (χ4n) is 2.52. The maximum absolute atomic E-state index is 14.8. The fraction of sp³-hybridized carbons (Fsp3) is 0.250. The van der Waals surface area contributed by atoms with Gasteiger partial charge in [-0.15, -0.1) is 0 Å². The average molecular weight is 352 g/mol. The molecule has 0 aliphatic rings. The molecule has 1 N–H and O–H groups in total. The average Bonchev–Trinajstić information content (AvgIpc) is 3.17. The third kappa shape index (κ3) is 3.22. The molecule has 0 fully saturated rings. The lowest BCUT2D eigenvalue weighted by atomic mass is 9.79. The van der Waals surface area contributed by atoms with Gasteiger partial charge in [0, 0.05) is 17.5 Å². The molecule has 0 saturated heterocycles. The molecule has 6 nitrogen and oxygen atoms in total. The lowest BCUT2D eigenvalue weighted by molar-refractivity contribution is -0.0133. The molecule has 3 aromatic rings. The van der Waals surface area contributed by atoms with Crippen molar-refractivity contribution >= 4 is 0 Å². The zero-order chi connectivity index (χ0) is 20.6. The van der Waals surface area contributed by atoms with E-state index in [4.69, 9.17) is 4.11 Å². The third-order valence-electron chi connectivity index (χ3n) is 3.86. The van der Waals surface area contributed by atoms with Crippen LogP contribution in [-0.2, 0) is 12.1 Å². The van der Waals surface area contributed by atoms with Crippen molar-refractivity contribution in [2.75, 3.05) is 0 Å². The quantitative estimate of drug-likeness (QED) is 0.762. The summed E-state index contributed by atoms with van der Waals surface area (Å²) < 4.78 is 67.2. The van der Waals surface area contributed by atoms with Gasteiger partial charge in [-0.2, -0.15) is 5.10 Å². The van der Waals surface area contributed by atoms with Gasteiger partial charge in [-0.05, 0) is 6.04 Å². The van der Waals surface area contributed by atoms with E-state index in [-0.39, 0.29) is 5.69 Å². The fourth-order valence-corrected chi connectivity index (χ4v) is 2.52. The van der Waals surface area contributed by atoms with Gasteiger partial charge in [-0.25, -0.2) is 32.8 Å². The number of benzene rings is 1. The number of halogens is 3. The molecule has 0 aliphatic heterocycles. The number of aromatic nitrogens is 5. The second-order valence-corrected chi connectivity index (χ2v) is 5.37. The Hall–Kier alpha value is -2.81. The van der Waals surface area contributed by atoms with E-state index in [1.807, 2.05) is 0 Å². The maximum atomic E-state index is 14.8. The molecule has 2 heterocycles. The Kier molecular flexibility index (Phi) is 3.56. The van der Waals surface area contributed by atoms with Crippen molar-refractivity contribution in [3.8, 4) is 0 Å². The van der Waals surface area contributed by atoms with E-state index < -0.39 is 59.2 Å². The second-order valence-electron chi connectivity index (χ2n) is 5.37. The molecule has 0 bridgehead atoms. The number of rotatable bonds is 5. The molecule has 1 aromatic carbocycles. The van der Waals surface area contributed by atoms with Gasteiger partial charge in [-0.3, -0.25) is 0 Å². The third-order valence-corrected chi connectivity index (χ3v) is 3.86. The number of aliphatic hydroxyl groups is 1. The molecule has 9 heteroatoms. The summed E-state index contributed by atoms with van der Waals surface area (Å²) in [7, 11) is 0. The Bertz CT molecular complexity index is 992. The van der Waals surface area contributed by atoms with Gasteiger partial charge in [0.2, 0.25) is 0 Å². The molecule has 2 aromatic heterocycles. The first-order valence-corrected chi connectivity index (χ1v) is 7.13. The summed E-state index contributed by atoms with van der Waals surface area (Å²) in [6.07, 6.45) is 4.22. The Morgan fingerprint density at radius 1 is 1.24 bits per heavy atom. The zero-order valence-corrected chi connectivity index (χ0v) is 12.9. The summed E-state index contributed by atoms with van der Waals surface area (Å²) in [5.74, 6) is -5.24. The largest absolute Gasteiger partial charge is 0.382 e. The normalized spacial score (nSPS) is 16.6. The lowest BCUT2D eigenvalue weighted by Crippen LogP contribution is -2.39. The highest BCUT2D eigenvalue weighted by molar-refractivity contribution is 5.30. The minimum atomic E-state index is -2.41. The first-order chi connectivity index (χ1) is 13.2. The van der Waals surface area contributed by atoms with Gasteiger partial charge < -0.3 is 5.11 Å². The highest BCUT2D eigenvalue weighted by atomic mass is 19.1. The van der Waals surface area contributed by atoms with Gasteiger partial charge in [0.05, 0.1) is 22.5 Å². The second kappa shape index (κ2) is 6.60. The minimum absolute atomic E-state index is 0.293. The van der Waals surface area contributed by atoms with Crippen LogP contribution >= 0.6 is 0 Å². The molecule has 25 heavy (non-hydrogen) atoms. The number of nitrogens with zero attached hydrogens (tertiary/aromatic N) is 5. The summed E-state index contributed by atoms with van der Waals surface area (Å²) in [6.45, 7) is 0.794. The predicted octanol–water partition coefficient (Wildman–Crippen LogP) is 2.18. The molecule has 0 amide bonds. The van der Waals surface area contributed by atoms with Gasteiger partial charge in [0.1, 0.15) is 36.2 Å². The van der Waals surface area contributed by atoms with E-state index in [0.29, 0.717) is 0 Å². The first-order valence-electron chi connectivity index (χ1n) is 8.63. The molecule has 130 valence electrons. The summed E-state index contributed by atoms with van der Waals surface area (Å²) in [5, 5.41) is 15.3. The molecular formula is C16H14F3N5O. The Labute approximate surface area is 145 Å². The van der Waals surface area contributed by atoms with Crippen molar-refractivity contribution in [3.05, 3.63) is 72.0 Å². The van der Waals surface area contributed by atoms with Gasteiger partial charge in [0.25, 0.3) is 0 Å². The van der Waals surface area contributed by atoms with E-state index in [1.54, 1.807) is 0 Å². The lowest BCUT2D eigenvalue weighted by Gasteiger charge is -2.34. The maximum Gasteiger partial charge on any atom is 0.163 e. The monoisotopic (exact) mass is 352 g/mol. The summed E-state index contributed by atoms with van der Waals surface area (Å²) >= 11 is 0. The van der Waals surface area contributed by atoms with Crippen LogP contribution in [0.1, 0.15) is 28.2 Å². The molecule has 0 unspecified atom stereocenters. The Balaban J connectivity index is 2.28. The minimum Gasteiger partial charge on any atom is -0.382 e. The van der Waals surface area contributed by atoms with Crippen molar-refractivity contribution in [3.63, 3.8) is 0 Å². The van der Waals surface area contributed by atoms with Crippen molar-refractivity contribution in [2.45, 2.75) is 25.0 Å². The molecule has 0 aliphatic carbocycles. The van der Waals surface area contributed by atoms with E-state index in [2.05, 4.69) is 20.1 Å². The molecule has 0 spiro atoms. The van der Waals surface area contributed by atoms with E-state index in [1.165, 1.54) is 13.3 Å². The smallest absolute Gasteiger partial charge is 0.163 e. The SMILES string of the molecule is [2H]c1c([2H])c([C@@](O)(Cn2cncn2)[C@@H](C)c2ncncc2F)c(F)c([2H])c1F. The Morgan fingerprint density at radius 3 is 2.72 bits per heavy atom. The first kappa shape index (κ1) is 13.5. The van der Waals surface area contributed by atoms with Crippen molar-refractivity contribution < 1.29 is 22.4 Å². The zero-order valence-electron chi connectivity index (χ0n) is 15.9. The van der Waals surface area contributed by atoms with E-state index in [9.17, 15) is 18.3 Å². The van der Waals surface area contributed by atoms with Crippen LogP contribution in [0.3, 0.4) is 0 Å². The molecular weight excluding hydrogens is 335 g/mol. The van der Waals surface area contributed by atoms with Crippen LogP contribution in [0.25, 0.3) is 0 Å². The molecule has 3 rings (SSSR count). The summed E-state index contributed by atoms with van der Waals surface area (Å²) in [4.78, 5) is 11.0. The summed E-state index contributed by atoms with van der Waals surface area (Å²) in [5.41, 5.74) is -3.53. The van der Waals surface area contributed by atoms with Crippen LogP contribution in [0.15, 0.2) is 43.3 Å². The number of hydrogen-bond donors (Lipinski definition) is 1. The van der Waals surface area contributed by atoms with Crippen LogP contribution < -0.4 is 0 Å². The van der Waals surface area contributed by atoms with Gasteiger partial charge >= 0.3 is 0 Å². The van der Waals surface area contributed by atoms with Crippen molar-refractivity contribution in [1.29, 1.82) is 0 Å². The van der Waals surface area contributed by atoms with E-state index >= 15 is 0 Å². The van der Waals surface area contributed by atoms with Crippen molar-refractivity contribution in [2.24, 2.45) is 0 Å². The van der Waals surface area contributed by atoms with Crippen LogP contribution in [0.4, 0.5) is 13.2 Å². The molecule has 0 radical (unpaired) electrons. The Morgan fingerprint density at radius 2 is 2.04 bits per heavy atom. The van der Waals surface area contributed by atoms with Crippen LogP contribution in [0.2, 0.25) is 0 Å². The van der Waals surface area contributed by atoms with Crippen LogP contribution in [0, 0.1) is 17.5 Å². The van der Waals surface area contributed by atoms with E-state index in [0.717, 1.165) is 23.5 Å². The van der Waals surface area contributed by atoms with Gasteiger partial charge in [-0.1, -0.05) is 13.0 Å².